The molecule has 0 saturated heterocycles. The lowest BCUT2D eigenvalue weighted by molar-refractivity contribution is 0.200. The van der Waals surface area contributed by atoms with Gasteiger partial charge in [0.2, 0.25) is 0 Å². The SMILES string of the molecule is CNC1(c2nc3c(s2)CCC3)CCC1. The first-order chi connectivity index (χ1) is 6.84. The normalized spacial score (nSPS) is 23.2. The summed E-state index contributed by atoms with van der Waals surface area (Å²) >= 11 is 1.96. The number of hydrogen-bond donors (Lipinski definition) is 1. The molecule has 2 aliphatic carbocycles. The highest BCUT2D eigenvalue weighted by molar-refractivity contribution is 7.12. The van der Waals surface area contributed by atoms with Crippen molar-refractivity contribution in [2.75, 3.05) is 7.05 Å². The van der Waals surface area contributed by atoms with Crippen LogP contribution in [-0.4, -0.2) is 12.0 Å². The van der Waals surface area contributed by atoms with Crippen molar-refractivity contribution in [3.63, 3.8) is 0 Å². The van der Waals surface area contributed by atoms with Crippen molar-refractivity contribution in [2.45, 2.75) is 44.1 Å². The third kappa shape index (κ3) is 1.09. The van der Waals surface area contributed by atoms with Crippen molar-refractivity contribution < 1.29 is 0 Å². The monoisotopic (exact) mass is 208 g/mol. The fraction of sp³-hybridized carbons (Fsp3) is 0.727. The van der Waals surface area contributed by atoms with Gasteiger partial charge in [-0.15, -0.1) is 11.3 Å². The number of rotatable bonds is 2. The van der Waals surface area contributed by atoms with E-state index in [1.807, 2.05) is 11.3 Å². The van der Waals surface area contributed by atoms with Gasteiger partial charge < -0.3 is 5.32 Å². The smallest absolute Gasteiger partial charge is 0.113 e. The standard InChI is InChI=1S/C11H16N2S/c1-12-11(6-3-7-11)10-13-8-4-2-5-9(8)14-10/h12H,2-7H2,1H3. The van der Waals surface area contributed by atoms with Gasteiger partial charge in [-0.1, -0.05) is 0 Å². The summed E-state index contributed by atoms with van der Waals surface area (Å²) in [4.78, 5) is 6.37. The summed E-state index contributed by atoms with van der Waals surface area (Å²) in [7, 11) is 2.08. The highest BCUT2D eigenvalue weighted by Gasteiger charge is 2.40. The lowest BCUT2D eigenvalue weighted by atomic mass is 9.77. The Morgan fingerprint density at radius 2 is 2.14 bits per heavy atom. The zero-order valence-electron chi connectivity index (χ0n) is 8.60. The summed E-state index contributed by atoms with van der Waals surface area (Å²) in [6.45, 7) is 0. The summed E-state index contributed by atoms with van der Waals surface area (Å²) in [5.74, 6) is 0. The van der Waals surface area contributed by atoms with E-state index in [0.717, 1.165) is 0 Å². The maximum Gasteiger partial charge on any atom is 0.113 e. The first-order valence-corrected chi connectivity index (χ1v) is 6.34. The molecule has 0 aromatic carbocycles. The average molecular weight is 208 g/mol. The Bertz CT molecular complexity index is 325. The predicted molar refractivity (Wildman–Crippen MR) is 58.7 cm³/mol. The quantitative estimate of drug-likeness (QED) is 0.806. The van der Waals surface area contributed by atoms with E-state index >= 15 is 0 Å². The van der Waals surface area contributed by atoms with E-state index in [4.69, 9.17) is 4.98 Å². The van der Waals surface area contributed by atoms with Gasteiger partial charge in [0, 0.05) is 4.88 Å². The van der Waals surface area contributed by atoms with Crippen LogP contribution in [-0.2, 0) is 18.4 Å². The first kappa shape index (κ1) is 8.86. The third-order valence-corrected chi connectivity index (χ3v) is 5.05. The molecule has 1 saturated carbocycles. The Hall–Kier alpha value is -0.410. The van der Waals surface area contributed by atoms with Crippen molar-refractivity contribution >= 4 is 11.3 Å². The zero-order valence-corrected chi connectivity index (χ0v) is 9.41. The topological polar surface area (TPSA) is 24.9 Å². The van der Waals surface area contributed by atoms with Crippen LogP contribution < -0.4 is 5.32 Å². The van der Waals surface area contributed by atoms with Gasteiger partial charge in [0.1, 0.15) is 5.01 Å². The molecule has 76 valence electrons. The molecule has 2 nitrogen and oxygen atoms in total. The Labute approximate surface area is 88.7 Å². The van der Waals surface area contributed by atoms with Crippen LogP contribution in [0.4, 0.5) is 0 Å². The molecule has 1 heterocycles. The van der Waals surface area contributed by atoms with Crippen LogP contribution in [0.5, 0.6) is 0 Å². The Balaban J connectivity index is 1.96. The van der Waals surface area contributed by atoms with Crippen LogP contribution in [0.15, 0.2) is 0 Å². The number of aromatic nitrogens is 1. The minimum absolute atomic E-state index is 0.259. The lowest BCUT2D eigenvalue weighted by Gasteiger charge is -2.39. The maximum absolute atomic E-state index is 4.81. The summed E-state index contributed by atoms with van der Waals surface area (Å²) in [5.41, 5.74) is 1.65. The maximum atomic E-state index is 4.81. The highest BCUT2D eigenvalue weighted by Crippen LogP contribution is 2.44. The van der Waals surface area contributed by atoms with Crippen LogP contribution in [0.2, 0.25) is 0 Å². The van der Waals surface area contributed by atoms with Crippen molar-refractivity contribution in [3.8, 4) is 0 Å². The molecule has 0 amide bonds. The van der Waals surface area contributed by atoms with Crippen LogP contribution >= 0.6 is 11.3 Å². The molecule has 0 bridgehead atoms. The van der Waals surface area contributed by atoms with Crippen molar-refractivity contribution in [3.05, 3.63) is 15.6 Å². The van der Waals surface area contributed by atoms with Gasteiger partial charge in [0.25, 0.3) is 0 Å². The third-order valence-electron chi connectivity index (χ3n) is 3.69. The molecule has 1 aromatic rings. The second-order valence-corrected chi connectivity index (χ2v) is 5.51. The number of hydrogen-bond acceptors (Lipinski definition) is 3. The van der Waals surface area contributed by atoms with E-state index in [-0.39, 0.29) is 5.54 Å². The molecule has 0 radical (unpaired) electrons. The molecule has 1 N–H and O–H groups in total. The fourth-order valence-corrected chi connectivity index (χ4v) is 3.90. The van der Waals surface area contributed by atoms with Crippen LogP contribution in [0, 0.1) is 0 Å². The van der Waals surface area contributed by atoms with Gasteiger partial charge in [0.15, 0.2) is 0 Å². The second-order valence-electron chi connectivity index (χ2n) is 4.43. The van der Waals surface area contributed by atoms with Gasteiger partial charge in [-0.3, -0.25) is 0 Å². The largest absolute Gasteiger partial charge is 0.308 e. The molecule has 3 rings (SSSR count). The zero-order chi connectivity index (χ0) is 9.60. The van der Waals surface area contributed by atoms with Crippen molar-refractivity contribution in [1.29, 1.82) is 0 Å². The lowest BCUT2D eigenvalue weighted by Crippen LogP contribution is -2.45. The molecule has 0 atom stereocenters. The summed E-state index contributed by atoms with van der Waals surface area (Å²) in [5, 5.41) is 4.83. The van der Waals surface area contributed by atoms with Crippen LogP contribution in [0.3, 0.4) is 0 Å². The average Bonchev–Trinajstić information content (AvgIpc) is 2.62. The fourth-order valence-electron chi connectivity index (χ4n) is 2.50. The van der Waals surface area contributed by atoms with E-state index in [1.165, 1.54) is 49.2 Å². The first-order valence-electron chi connectivity index (χ1n) is 5.52. The molecule has 0 aliphatic heterocycles. The van der Waals surface area contributed by atoms with Gasteiger partial charge in [0.05, 0.1) is 11.2 Å². The second kappa shape index (κ2) is 3.04. The Kier molecular flexibility index (Phi) is 1.92. The number of nitrogens with one attached hydrogen (secondary N) is 1. The molecular weight excluding hydrogens is 192 g/mol. The van der Waals surface area contributed by atoms with Gasteiger partial charge in [-0.2, -0.15) is 0 Å². The summed E-state index contributed by atoms with van der Waals surface area (Å²) in [6, 6.07) is 0. The number of nitrogens with zero attached hydrogens (tertiary/aromatic N) is 1. The van der Waals surface area contributed by atoms with E-state index in [2.05, 4.69) is 12.4 Å². The van der Waals surface area contributed by atoms with E-state index < -0.39 is 0 Å². The Morgan fingerprint density at radius 3 is 2.71 bits per heavy atom. The molecular formula is C11H16N2S. The number of fused-ring (bicyclic) bond motifs is 1. The number of aryl methyl sites for hydroxylation is 2. The molecule has 0 unspecified atom stereocenters. The van der Waals surface area contributed by atoms with Gasteiger partial charge in [-0.25, -0.2) is 4.98 Å². The van der Waals surface area contributed by atoms with Crippen molar-refractivity contribution in [1.82, 2.24) is 10.3 Å². The van der Waals surface area contributed by atoms with Crippen molar-refractivity contribution in [2.24, 2.45) is 0 Å². The summed E-state index contributed by atoms with van der Waals surface area (Å²) < 4.78 is 0. The minimum atomic E-state index is 0.259. The van der Waals surface area contributed by atoms with Crippen LogP contribution in [0.1, 0.15) is 41.3 Å². The molecule has 1 fully saturated rings. The molecule has 3 heteroatoms. The molecule has 0 spiro atoms. The summed E-state index contributed by atoms with van der Waals surface area (Å²) in [6.07, 6.45) is 7.70. The van der Waals surface area contributed by atoms with E-state index in [1.54, 1.807) is 4.88 Å². The predicted octanol–water partition coefficient (Wildman–Crippen LogP) is 2.23. The van der Waals surface area contributed by atoms with E-state index in [9.17, 15) is 0 Å². The molecule has 14 heavy (non-hydrogen) atoms. The Morgan fingerprint density at radius 1 is 1.29 bits per heavy atom. The van der Waals surface area contributed by atoms with E-state index in [0.29, 0.717) is 0 Å². The van der Waals surface area contributed by atoms with Gasteiger partial charge in [-0.05, 0) is 45.6 Å². The minimum Gasteiger partial charge on any atom is -0.308 e. The van der Waals surface area contributed by atoms with Crippen LogP contribution in [0.25, 0.3) is 0 Å². The molecule has 1 aromatic heterocycles. The number of thiazole rings is 1. The molecule has 2 aliphatic rings. The van der Waals surface area contributed by atoms with Gasteiger partial charge >= 0.3 is 0 Å². The highest BCUT2D eigenvalue weighted by atomic mass is 32.1.